The number of benzene rings is 2. The lowest BCUT2D eigenvalue weighted by atomic mass is 9.69. The number of carbonyl (C=O) groups excluding carboxylic acids is 1. The Morgan fingerprint density at radius 1 is 1.19 bits per heavy atom. The summed E-state index contributed by atoms with van der Waals surface area (Å²) >= 11 is 5.06. The fourth-order valence-corrected chi connectivity index (χ4v) is 6.51. The van der Waals surface area contributed by atoms with E-state index in [0.29, 0.717) is 29.8 Å². The first-order valence-electron chi connectivity index (χ1n) is 10.5. The Morgan fingerprint density at radius 3 is 2.66 bits per heavy atom. The summed E-state index contributed by atoms with van der Waals surface area (Å²) in [5, 5.41) is 14.3. The first kappa shape index (κ1) is 21.0. The molecule has 1 atom stereocenters. The number of nitrogens with zero attached hydrogens (tertiary/aromatic N) is 2. The third kappa shape index (κ3) is 3.28. The van der Waals surface area contributed by atoms with E-state index in [-0.39, 0.29) is 11.2 Å². The Kier molecular flexibility index (Phi) is 4.99. The minimum absolute atomic E-state index is 0.0938. The SMILES string of the molecule is CC1(C)CC(=O)C2=C(C1)N(c1cccc3ccccc13)C(N)=C(C#N)C2c1cc(Br)cs1. The van der Waals surface area contributed by atoms with Gasteiger partial charge >= 0.3 is 0 Å². The van der Waals surface area contributed by atoms with Gasteiger partial charge in [0.2, 0.25) is 0 Å². The van der Waals surface area contributed by atoms with Crippen molar-refractivity contribution in [3.63, 3.8) is 0 Å². The number of anilines is 1. The summed E-state index contributed by atoms with van der Waals surface area (Å²) in [7, 11) is 0. The van der Waals surface area contributed by atoms with Gasteiger partial charge in [0.05, 0.1) is 23.2 Å². The molecule has 0 spiro atoms. The average Bonchev–Trinajstić information content (AvgIpc) is 3.18. The smallest absolute Gasteiger partial charge is 0.162 e. The molecule has 1 unspecified atom stereocenters. The Bertz CT molecular complexity index is 1370. The van der Waals surface area contributed by atoms with Crippen molar-refractivity contribution in [3.8, 4) is 6.07 Å². The number of nitriles is 1. The first-order chi connectivity index (χ1) is 15.3. The topological polar surface area (TPSA) is 70.1 Å². The number of carbonyl (C=O) groups is 1. The largest absolute Gasteiger partial charge is 0.384 e. The summed E-state index contributed by atoms with van der Waals surface area (Å²) < 4.78 is 0.940. The van der Waals surface area contributed by atoms with E-state index in [1.807, 2.05) is 40.6 Å². The molecule has 2 aliphatic rings. The zero-order valence-corrected chi connectivity index (χ0v) is 20.3. The highest BCUT2D eigenvalue weighted by Crippen LogP contribution is 2.51. The van der Waals surface area contributed by atoms with Gasteiger partial charge in [-0.15, -0.1) is 11.3 Å². The van der Waals surface area contributed by atoms with Crippen molar-refractivity contribution in [1.29, 1.82) is 5.26 Å². The second-order valence-electron chi connectivity index (χ2n) is 9.15. The lowest BCUT2D eigenvalue weighted by molar-refractivity contribution is -0.118. The monoisotopic (exact) mass is 503 g/mol. The van der Waals surface area contributed by atoms with Crippen molar-refractivity contribution >= 4 is 49.5 Å². The third-order valence-electron chi connectivity index (χ3n) is 6.26. The van der Waals surface area contributed by atoms with E-state index >= 15 is 0 Å². The fraction of sp³-hybridized carbons (Fsp3) is 0.231. The molecule has 4 nitrogen and oxygen atoms in total. The Morgan fingerprint density at radius 2 is 1.94 bits per heavy atom. The molecule has 1 aliphatic heterocycles. The molecule has 3 aromatic rings. The summed E-state index contributed by atoms with van der Waals surface area (Å²) in [5.74, 6) is 0.0695. The number of rotatable bonds is 2. The molecule has 2 heterocycles. The van der Waals surface area contributed by atoms with Crippen LogP contribution in [-0.4, -0.2) is 5.78 Å². The third-order valence-corrected chi connectivity index (χ3v) is 8.02. The van der Waals surface area contributed by atoms with Gasteiger partial charge in [-0.25, -0.2) is 0 Å². The van der Waals surface area contributed by atoms with Gasteiger partial charge in [-0.05, 0) is 45.3 Å². The maximum absolute atomic E-state index is 13.6. The number of hydrogen-bond donors (Lipinski definition) is 1. The highest BCUT2D eigenvalue weighted by atomic mass is 79.9. The van der Waals surface area contributed by atoms with E-state index in [2.05, 4.69) is 54.0 Å². The average molecular weight is 504 g/mol. The van der Waals surface area contributed by atoms with Gasteiger partial charge in [0.25, 0.3) is 0 Å². The van der Waals surface area contributed by atoms with Crippen LogP contribution in [0.15, 0.2) is 81.0 Å². The van der Waals surface area contributed by atoms with Crippen molar-refractivity contribution in [1.82, 2.24) is 0 Å². The predicted molar refractivity (Wildman–Crippen MR) is 133 cm³/mol. The van der Waals surface area contributed by atoms with E-state index in [1.54, 1.807) is 11.3 Å². The van der Waals surface area contributed by atoms with Gasteiger partial charge in [-0.2, -0.15) is 5.26 Å². The normalized spacial score (nSPS) is 20.5. The molecule has 2 N–H and O–H groups in total. The molecule has 0 radical (unpaired) electrons. The fourth-order valence-electron chi connectivity index (χ4n) is 4.95. The van der Waals surface area contributed by atoms with Crippen LogP contribution < -0.4 is 10.6 Å². The van der Waals surface area contributed by atoms with Crippen LogP contribution in [0.2, 0.25) is 0 Å². The van der Waals surface area contributed by atoms with Crippen molar-refractivity contribution in [2.45, 2.75) is 32.6 Å². The van der Waals surface area contributed by atoms with Gasteiger partial charge in [0.1, 0.15) is 5.82 Å². The summed E-state index contributed by atoms with van der Waals surface area (Å²) in [6.45, 7) is 4.23. The van der Waals surface area contributed by atoms with Gasteiger partial charge < -0.3 is 5.73 Å². The van der Waals surface area contributed by atoms with Crippen LogP contribution >= 0.6 is 27.3 Å². The van der Waals surface area contributed by atoms with Crippen LogP contribution in [0.3, 0.4) is 0 Å². The molecule has 2 aromatic carbocycles. The summed E-state index contributed by atoms with van der Waals surface area (Å²) in [5.41, 5.74) is 9.52. The van der Waals surface area contributed by atoms with E-state index < -0.39 is 5.92 Å². The number of thiophene rings is 1. The minimum atomic E-state index is -0.430. The van der Waals surface area contributed by atoms with Crippen LogP contribution in [0.25, 0.3) is 10.8 Å². The number of Topliss-reactive ketones (excluding diaryl/α,β-unsaturated/α-hetero) is 1. The molecule has 5 rings (SSSR count). The standard InChI is InChI=1S/C26H22BrN3OS/c1-26(2)11-20-24(21(31)12-26)23(22-10-16(27)14-32-22)18(13-28)25(29)30(20)19-9-5-7-15-6-3-4-8-17(15)19/h3-10,14,23H,11-12,29H2,1-2H3. The Hall–Kier alpha value is -2.88. The molecule has 0 saturated heterocycles. The first-order valence-corrected chi connectivity index (χ1v) is 12.2. The number of nitrogens with two attached hydrogens (primary N) is 1. The number of fused-ring (bicyclic) bond motifs is 1. The molecule has 0 fully saturated rings. The van der Waals surface area contributed by atoms with Crippen molar-refractivity contribution < 1.29 is 4.79 Å². The maximum Gasteiger partial charge on any atom is 0.162 e. The number of ketones is 1. The predicted octanol–water partition coefficient (Wildman–Crippen LogP) is 6.60. The lowest BCUT2D eigenvalue weighted by Gasteiger charge is -2.43. The van der Waals surface area contributed by atoms with Crippen LogP contribution in [0.1, 0.15) is 37.5 Å². The number of allylic oxidation sites excluding steroid dienone is 3. The lowest BCUT2D eigenvalue weighted by Crippen LogP contribution is -2.42. The maximum atomic E-state index is 13.6. The highest BCUT2D eigenvalue weighted by molar-refractivity contribution is 9.10. The van der Waals surface area contributed by atoms with Crippen LogP contribution in [-0.2, 0) is 4.79 Å². The molecular weight excluding hydrogens is 482 g/mol. The molecule has 0 saturated carbocycles. The Balaban J connectivity index is 1.83. The van der Waals surface area contributed by atoms with Gasteiger partial charge in [-0.1, -0.05) is 50.2 Å². The quantitative estimate of drug-likeness (QED) is 0.427. The van der Waals surface area contributed by atoms with Crippen molar-refractivity contribution in [2.24, 2.45) is 11.1 Å². The molecular formula is C26H22BrN3OS. The summed E-state index contributed by atoms with van der Waals surface area (Å²) in [6.07, 6.45) is 1.16. The molecule has 32 heavy (non-hydrogen) atoms. The summed E-state index contributed by atoms with van der Waals surface area (Å²) in [4.78, 5) is 16.5. The summed E-state index contributed by atoms with van der Waals surface area (Å²) in [6, 6.07) is 18.5. The van der Waals surface area contributed by atoms with E-state index in [4.69, 9.17) is 5.73 Å². The molecule has 1 aromatic heterocycles. The molecule has 0 amide bonds. The molecule has 160 valence electrons. The Labute approximate surface area is 199 Å². The number of hydrogen-bond acceptors (Lipinski definition) is 5. The van der Waals surface area contributed by atoms with Crippen molar-refractivity contribution in [2.75, 3.05) is 4.90 Å². The van der Waals surface area contributed by atoms with Crippen LogP contribution in [0.5, 0.6) is 0 Å². The highest BCUT2D eigenvalue weighted by Gasteiger charge is 2.45. The van der Waals surface area contributed by atoms with Crippen molar-refractivity contribution in [3.05, 3.63) is 85.9 Å². The van der Waals surface area contributed by atoms with E-state index in [9.17, 15) is 10.1 Å². The number of halogens is 1. The van der Waals surface area contributed by atoms with Gasteiger partial charge in [-0.3, -0.25) is 9.69 Å². The van der Waals surface area contributed by atoms with Gasteiger partial charge in [0.15, 0.2) is 5.78 Å². The second kappa shape index (κ2) is 7.61. The zero-order chi connectivity index (χ0) is 22.6. The van der Waals surface area contributed by atoms with Crippen LogP contribution in [0, 0.1) is 16.7 Å². The minimum Gasteiger partial charge on any atom is -0.384 e. The second-order valence-corrected chi connectivity index (χ2v) is 11.0. The molecule has 0 bridgehead atoms. The molecule has 1 aliphatic carbocycles. The van der Waals surface area contributed by atoms with E-state index in [1.165, 1.54) is 0 Å². The van der Waals surface area contributed by atoms with Gasteiger partial charge in [0, 0.05) is 37.8 Å². The van der Waals surface area contributed by atoms with Crippen LogP contribution in [0.4, 0.5) is 5.69 Å². The molecule has 6 heteroatoms. The zero-order valence-electron chi connectivity index (χ0n) is 17.9. The van der Waals surface area contributed by atoms with E-state index in [0.717, 1.165) is 31.5 Å².